The Balaban J connectivity index is 0.000000112. The van der Waals surface area contributed by atoms with E-state index in [0.29, 0.717) is 0 Å². The smallest absolute Gasteiger partial charge is 0.0492 e. The molecule has 0 radical (unpaired) electrons. The van der Waals surface area contributed by atoms with Gasteiger partial charge >= 0.3 is 0 Å². The van der Waals surface area contributed by atoms with Crippen LogP contribution in [0.1, 0.15) is 26.2 Å². The predicted octanol–water partition coefficient (Wildman–Crippen LogP) is 1.84. The molecule has 0 aromatic rings. The molecule has 2 nitrogen and oxygen atoms in total. The van der Waals surface area contributed by atoms with Gasteiger partial charge in [-0.2, -0.15) is 0 Å². The quantitative estimate of drug-likeness (QED) is 0.535. The van der Waals surface area contributed by atoms with Crippen LogP contribution in [0.5, 0.6) is 0 Å². The molecular formula is C9H18O2. The van der Waals surface area contributed by atoms with Crippen LogP contribution in [-0.2, 0) is 9.47 Å². The molecule has 2 saturated heterocycles. The first-order chi connectivity index (χ1) is 5.39. The summed E-state index contributed by atoms with van der Waals surface area (Å²) in [5.74, 6) is 0.824. The Kier molecular flexibility index (Phi) is 4.55. The van der Waals surface area contributed by atoms with Crippen molar-refractivity contribution in [3.63, 3.8) is 0 Å². The van der Waals surface area contributed by atoms with E-state index >= 15 is 0 Å². The third kappa shape index (κ3) is 4.38. The highest BCUT2D eigenvalue weighted by Gasteiger charge is 2.07. The molecule has 0 saturated carbocycles. The zero-order valence-corrected chi connectivity index (χ0v) is 7.34. The number of ether oxygens (including phenoxy) is 2. The van der Waals surface area contributed by atoms with Gasteiger partial charge in [0.15, 0.2) is 0 Å². The Morgan fingerprint density at radius 2 is 1.73 bits per heavy atom. The van der Waals surface area contributed by atoms with Gasteiger partial charge in [-0.3, -0.25) is 0 Å². The molecule has 2 aliphatic rings. The average molecular weight is 158 g/mol. The van der Waals surface area contributed by atoms with Crippen molar-refractivity contribution in [3.05, 3.63) is 0 Å². The molecule has 0 amide bonds. The fourth-order valence-electron chi connectivity index (χ4n) is 1.16. The molecule has 11 heavy (non-hydrogen) atoms. The summed E-state index contributed by atoms with van der Waals surface area (Å²) >= 11 is 0. The lowest BCUT2D eigenvalue weighted by atomic mass is 10.2. The highest BCUT2D eigenvalue weighted by Crippen LogP contribution is 2.09. The Bertz CT molecular complexity index is 76.0. The fraction of sp³-hybridized carbons (Fsp3) is 1.00. The van der Waals surface area contributed by atoms with Crippen LogP contribution in [0, 0.1) is 5.92 Å². The van der Waals surface area contributed by atoms with Crippen LogP contribution in [0.25, 0.3) is 0 Å². The van der Waals surface area contributed by atoms with Gasteiger partial charge in [0, 0.05) is 26.4 Å². The van der Waals surface area contributed by atoms with Gasteiger partial charge in [-0.1, -0.05) is 6.92 Å². The predicted molar refractivity (Wildman–Crippen MR) is 44.7 cm³/mol. The summed E-state index contributed by atoms with van der Waals surface area (Å²) in [6, 6.07) is 0. The maximum atomic E-state index is 5.06. The molecule has 0 aromatic heterocycles. The second kappa shape index (κ2) is 5.56. The lowest BCUT2D eigenvalue weighted by Crippen LogP contribution is -1.88. The van der Waals surface area contributed by atoms with Gasteiger partial charge in [-0.05, 0) is 25.2 Å². The van der Waals surface area contributed by atoms with E-state index in [1.54, 1.807) is 0 Å². The molecule has 2 aliphatic heterocycles. The van der Waals surface area contributed by atoms with E-state index in [0.717, 1.165) is 32.3 Å². The second-order valence-electron chi connectivity index (χ2n) is 3.29. The van der Waals surface area contributed by atoms with Gasteiger partial charge in [0.25, 0.3) is 0 Å². The standard InChI is InChI=1S/C5H10O.C4H8O/c1-5-2-3-6-4-5;1-2-4-5-3-1/h5H,2-4H2,1H3;1-4H2. The first-order valence-electron chi connectivity index (χ1n) is 4.55. The monoisotopic (exact) mass is 158 g/mol. The van der Waals surface area contributed by atoms with Gasteiger partial charge in [0.2, 0.25) is 0 Å². The molecular weight excluding hydrogens is 140 g/mol. The normalized spacial score (nSPS) is 29.7. The highest BCUT2D eigenvalue weighted by atomic mass is 16.5. The summed E-state index contributed by atoms with van der Waals surface area (Å²) in [5, 5.41) is 0. The van der Waals surface area contributed by atoms with Crippen LogP contribution in [0.15, 0.2) is 0 Å². The topological polar surface area (TPSA) is 18.5 Å². The van der Waals surface area contributed by atoms with E-state index in [4.69, 9.17) is 9.47 Å². The fourth-order valence-corrected chi connectivity index (χ4v) is 1.16. The lowest BCUT2D eigenvalue weighted by molar-refractivity contribution is 0.188. The molecule has 1 unspecified atom stereocenters. The van der Waals surface area contributed by atoms with Crippen molar-refractivity contribution in [2.45, 2.75) is 26.2 Å². The Morgan fingerprint density at radius 3 is 1.91 bits per heavy atom. The molecule has 1 atom stereocenters. The molecule has 0 aliphatic carbocycles. The summed E-state index contributed by atoms with van der Waals surface area (Å²) < 4.78 is 10.0. The number of rotatable bonds is 0. The third-order valence-corrected chi connectivity index (χ3v) is 1.98. The molecule has 0 spiro atoms. The minimum Gasteiger partial charge on any atom is -0.381 e. The van der Waals surface area contributed by atoms with Crippen LogP contribution in [0.3, 0.4) is 0 Å². The van der Waals surface area contributed by atoms with Crippen LogP contribution >= 0.6 is 0 Å². The van der Waals surface area contributed by atoms with E-state index in [1.807, 2.05) is 0 Å². The molecule has 2 heteroatoms. The summed E-state index contributed by atoms with van der Waals surface area (Å²) in [4.78, 5) is 0. The van der Waals surface area contributed by atoms with Crippen molar-refractivity contribution in [1.29, 1.82) is 0 Å². The second-order valence-corrected chi connectivity index (χ2v) is 3.29. The number of hydrogen-bond donors (Lipinski definition) is 0. The maximum absolute atomic E-state index is 5.06. The average Bonchev–Trinajstić information content (AvgIpc) is 2.57. The van der Waals surface area contributed by atoms with Crippen molar-refractivity contribution in [3.8, 4) is 0 Å². The zero-order chi connectivity index (χ0) is 7.94. The summed E-state index contributed by atoms with van der Waals surface area (Å²) in [6.45, 7) is 6.19. The van der Waals surface area contributed by atoms with Crippen molar-refractivity contribution in [1.82, 2.24) is 0 Å². The summed E-state index contributed by atoms with van der Waals surface area (Å²) in [5.41, 5.74) is 0. The lowest BCUT2D eigenvalue weighted by Gasteiger charge is -1.89. The zero-order valence-electron chi connectivity index (χ0n) is 7.34. The minimum atomic E-state index is 0.824. The van der Waals surface area contributed by atoms with Gasteiger partial charge in [0.1, 0.15) is 0 Å². The minimum absolute atomic E-state index is 0.824. The summed E-state index contributed by atoms with van der Waals surface area (Å²) in [6.07, 6.45) is 3.82. The van der Waals surface area contributed by atoms with Crippen LogP contribution < -0.4 is 0 Å². The van der Waals surface area contributed by atoms with Crippen molar-refractivity contribution in [2.75, 3.05) is 26.4 Å². The van der Waals surface area contributed by atoms with Gasteiger partial charge < -0.3 is 9.47 Å². The third-order valence-electron chi connectivity index (χ3n) is 1.98. The first-order valence-corrected chi connectivity index (χ1v) is 4.55. The van der Waals surface area contributed by atoms with E-state index in [2.05, 4.69) is 6.92 Å². The highest BCUT2D eigenvalue weighted by molar-refractivity contribution is 4.55. The SMILES string of the molecule is C1CCOC1.CC1CCOC1. The number of hydrogen-bond acceptors (Lipinski definition) is 2. The maximum Gasteiger partial charge on any atom is 0.0492 e. The molecule has 2 fully saturated rings. The molecule has 0 bridgehead atoms. The first kappa shape index (κ1) is 9.01. The van der Waals surface area contributed by atoms with Crippen molar-refractivity contribution >= 4 is 0 Å². The molecule has 2 rings (SSSR count). The molecule has 0 N–H and O–H groups in total. The largest absolute Gasteiger partial charge is 0.381 e. The Hall–Kier alpha value is -0.0800. The Labute approximate surface area is 68.9 Å². The molecule has 0 aromatic carbocycles. The van der Waals surface area contributed by atoms with Gasteiger partial charge in [-0.15, -0.1) is 0 Å². The van der Waals surface area contributed by atoms with E-state index in [1.165, 1.54) is 19.3 Å². The van der Waals surface area contributed by atoms with Crippen LogP contribution in [0.4, 0.5) is 0 Å². The van der Waals surface area contributed by atoms with Crippen LogP contribution in [-0.4, -0.2) is 26.4 Å². The van der Waals surface area contributed by atoms with Crippen molar-refractivity contribution < 1.29 is 9.47 Å². The van der Waals surface area contributed by atoms with E-state index in [-0.39, 0.29) is 0 Å². The van der Waals surface area contributed by atoms with Crippen LogP contribution in [0.2, 0.25) is 0 Å². The summed E-state index contributed by atoms with van der Waals surface area (Å²) in [7, 11) is 0. The van der Waals surface area contributed by atoms with Gasteiger partial charge in [0.05, 0.1) is 0 Å². The van der Waals surface area contributed by atoms with E-state index in [9.17, 15) is 0 Å². The Morgan fingerprint density at radius 1 is 1.00 bits per heavy atom. The molecule has 66 valence electrons. The van der Waals surface area contributed by atoms with Crippen molar-refractivity contribution in [2.24, 2.45) is 5.92 Å². The molecule has 2 heterocycles. The van der Waals surface area contributed by atoms with E-state index < -0.39 is 0 Å². The van der Waals surface area contributed by atoms with Gasteiger partial charge in [-0.25, -0.2) is 0 Å².